The van der Waals surface area contributed by atoms with Crippen molar-refractivity contribution in [2.45, 2.75) is 39.2 Å². The molecule has 0 saturated heterocycles. The fraction of sp³-hybridized carbons (Fsp3) is 0.421. The molecule has 25 heavy (non-hydrogen) atoms. The summed E-state index contributed by atoms with van der Waals surface area (Å²) < 4.78 is 5.39. The first kappa shape index (κ1) is 18.7. The van der Waals surface area contributed by atoms with Crippen LogP contribution in [-0.2, 0) is 14.3 Å². The van der Waals surface area contributed by atoms with E-state index in [4.69, 9.17) is 4.74 Å². The zero-order valence-electron chi connectivity index (χ0n) is 14.4. The van der Waals surface area contributed by atoms with Gasteiger partial charge in [-0.1, -0.05) is 31.2 Å². The Morgan fingerprint density at radius 2 is 1.76 bits per heavy atom. The van der Waals surface area contributed by atoms with E-state index in [0.29, 0.717) is 18.5 Å². The maximum absolute atomic E-state index is 12.6. The molecule has 0 heterocycles. The second kappa shape index (κ2) is 8.46. The van der Waals surface area contributed by atoms with Crippen molar-refractivity contribution in [3.63, 3.8) is 0 Å². The first-order valence-electron chi connectivity index (χ1n) is 8.40. The van der Waals surface area contributed by atoms with Crippen molar-refractivity contribution >= 4 is 23.5 Å². The Balaban J connectivity index is 2.06. The lowest BCUT2D eigenvalue weighted by Gasteiger charge is -2.27. The van der Waals surface area contributed by atoms with Gasteiger partial charge in [0.2, 0.25) is 5.91 Å². The molecule has 3 atom stereocenters. The van der Waals surface area contributed by atoms with E-state index in [2.05, 4.69) is 5.32 Å². The van der Waals surface area contributed by atoms with Crippen molar-refractivity contribution < 1.29 is 24.2 Å². The minimum atomic E-state index is -1.27. The number of carboxylic acids is 1. The summed E-state index contributed by atoms with van der Waals surface area (Å²) in [6.07, 6.45) is 5.24. The van der Waals surface area contributed by atoms with Crippen LogP contribution in [0.4, 0.5) is 5.69 Å². The quantitative estimate of drug-likeness (QED) is 0.628. The van der Waals surface area contributed by atoms with Crippen LogP contribution in [0.15, 0.2) is 36.4 Å². The molecule has 0 fully saturated rings. The van der Waals surface area contributed by atoms with E-state index in [9.17, 15) is 19.5 Å². The molecule has 0 spiro atoms. The fourth-order valence-corrected chi connectivity index (χ4v) is 2.66. The fourth-order valence-electron chi connectivity index (χ4n) is 2.66. The summed E-state index contributed by atoms with van der Waals surface area (Å²) >= 11 is 0. The molecule has 1 N–H and O–H groups in total. The van der Waals surface area contributed by atoms with E-state index in [1.165, 1.54) is 24.3 Å². The van der Waals surface area contributed by atoms with Gasteiger partial charge in [-0.2, -0.15) is 0 Å². The van der Waals surface area contributed by atoms with Gasteiger partial charge in [0.25, 0.3) is 0 Å². The molecule has 1 aromatic rings. The number of hydrogen-bond acceptors (Lipinski definition) is 5. The summed E-state index contributed by atoms with van der Waals surface area (Å²) in [5.41, 5.74) is 0.507. The topological polar surface area (TPSA) is 95.5 Å². The van der Waals surface area contributed by atoms with Gasteiger partial charge in [0.15, 0.2) is 0 Å². The monoisotopic (exact) mass is 344 g/mol. The van der Waals surface area contributed by atoms with Crippen LogP contribution in [0.1, 0.15) is 43.5 Å². The van der Waals surface area contributed by atoms with E-state index in [1.807, 2.05) is 26.0 Å². The maximum Gasteiger partial charge on any atom is 0.310 e. The molecular formula is C19H22NO5-. The van der Waals surface area contributed by atoms with Crippen molar-refractivity contribution in [3.8, 4) is 0 Å². The maximum atomic E-state index is 12.6. The third kappa shape index (κ3) is 4.92. The van der Waals surface area contributed by atoms with Crippen LogP contribution in [0.3, 0.4) is 0 Å². The number of carbonyl (C=O) groups is 3. The van der Waals surface area contributed by atoms with Crippen molar-refractivity contribution in [2.75, 3.05) is 5.32 Å². The number of allylic oxidation sites excluding steroid dienone is 2. The Labute approximate surface area is 146 Å². The second-order valence-electron chi connectivity index (χ2n) is 6.17. The molecule has 0 bridgehead atoms. The number of esters is 1. The molecule has 6 heteroatoms. The van der Waals surface area contributed by atoms with Gasteiger partial charge in [-0.3, -0.25) is 9.59 Å². The molecule has 1 aliphatic rings. The summed E-state index contributed by atoms with van der Waals surface area (Å²) in [6.45, 7) is 3.75. The number of rotatable bonds is 6. The third-order valence-corrected chi connectivity index (χ3v) is 4.35. The van der Waals surface area contributed by atoms with Gasteiger partial charge in [-0.25, -0.2) is 0 Å². The van der Waals surface area contributed by atoms with Crippen molar-refractivity contribution in [3.05, 3.63) is 42.0 Å². The zero-order chi connectivity index (χ0) is 18.4. The summed E-state index contributed by atoms with van der Waals surface area (Å²) in [4.78, 5) is 35.7. The van der Waals surface area contributed by atoms with Gasteiger partial charge in [0.05, 0.1) is 23.9 Å². The molecule has 0 aliphatic heterocycles. The van der Waals surface area contributed by atoms with E-state index >= 15 is 0 Å². The summed E-state index contributed by atoms with van der Waals surface area (Å²) in [7, 11) is 0. The van der Waals surface area contributed by atoms with E-state index in [-0.39, 0.29) is 23.5 Å². The first-order chi connectivity index (χ1) is 11.9. The lowest BCUT2D eigenvalue weighted by molar-refractivity contribution is -0.255. The Kier molecular flexibility index (Phi) is 6.33. The molecule has 1 aliphatic carbocycles. The van der Waals surface area contributed by atoms with Gasteiger partial charge >= 0.3 is 5.97 Å². The van der Waals surface area contributed by atoms with Crippen LogP contribution in [-0.4, -0.2) is 23.9 Å². The normalized spacial score (nSPS) is 20.6. The van der Waals surface area contributed by atoms with Crippen molar-refractivity contribution in [1.82, 2.24) is 0 Å². The molecule has 1 amide bonds. The highest BCUT2D eigenvalue weighted by atomic mass is 16.5. The van der Waals surface area contributed by atoms with Crippen LogP contribution < -0.4 is 10.4 Å². The van der Waals surface area contributed by atoms with Crippen molar-refractivity contribution in [1.29, 1.82) is 0 Å². The van der Waals surface area contributed by atoms with Crippen LogP contribution in [0.2, 0.25) is 0 Å². The van der Waals surface area contributed by atoms with Crippen molar-refractivity contribution in [2.24, 2.45) is 11.8 Å². The highest BCUT2D eigenvalue weighted by Gasteiger charge is 2.35. The van der Waals surface area contributed by atoms with E-state index in [1.54, 1.807) is 0 Å². The average molecular weight is 344 g/mol. The Morgan fingerprint density at radius 1 is 1.16 bits per heavy atom. The van der Waals surface area contributed by atoms with Crippen LogP contribution >= 0.6 is 0 Å². The number of benzene rings is 1. The van der Waals surface area contributed by atoms with Crippen LogP contribution in [0.5, 0.6) is 0 Å². The second-order valence-corrected chi connectivity index (χ2v) is 6.17. The van der Waals surface area contributed by atoms with Gasteiger partial charge in [0.1, 0.15) is 0 Å². The number of nitrogens with one attached hydrogen (secondary N) is 1. The molecule has 6 nitrogen and oxygen atoms in total. The first-order valence-corrected chi connectivity index (χ1v) is 8.40. The Morgan fingerprint density at radius 3 is 2.32 bits per heavy atom. The van der Waals surface area contributed by atoms with Crippen LogP contribution in [0, 0.1) is 11.8 Å². The number of ether oxygens (including phenoxy) is 1. The number of amides is 1. The highest BCUT2D eigenvalue weighted by molar-refractivity contribution is 5.96. The smallest absolute Gasteiger partial charge is 0.310 e. The molecule has 134 valence electrons. The van der Waals surface area contributed by atoms with Gasteiger partial charge in [-0.15, -0.1) is 0 Å². The predicted molar refractivity (Wildman–Crippen MR) is 90.6 cm³/mol. The number of carbonyl (C=O) groups excluding carboxylic acids is 3. The Bertz CT molecular complexity index is 665. The SMILES string of the molecule is CC[C@@H](C)OC(=O)[C@@H]1CC=CC[C@@H]1C(=O)Nc1ccc(C(=O)[O-])cc1. The van der Waals surface area contributed by atoms with Crippen LogP contribution in [0.25, 0.3) is 0 Å². The average Bonchev–Trinajstić information content (AvgIpc) is 2.61. The predicted octanol–water partition coefficient (Wildman–Crippen LogP) is 1.91. The van der Waals surface area contributed by atoms with Gasteiger partial charge in [0, 0.05) is 5.69 Å². The number of aromatic carboxylic acids is 1. The van der Waals surface area contributed by atoms with Gasteiger partial charge < -0.3 is 20.0 Å². The molecule has 0 aromatic heterocycles. The summed E-state index contributed by atoms with van der Waals surface area (Å²) in [6, 6.07) is 5.71. The molecule has 1 aromatic carbocycles. The minimum absolute atomic E-state index is 0.0357. The number of anilines is 1. The molecule has 2 rings (SSSR count). The molecule has 0 unspecified atom stereocenters. The third-order valence-electron chi connectivity index (χ3n) is 4.35. The summed E-state index contributed by atoms with van der Waals surface area (Å²) in [5, 5.41) is 13.5. The molecular weight excluding hydrogens is 322 g/mol. The number of hydrogen-bond donors (Lipinski definition) is 1. The Hall–Kier alpha value is -2.63. The lowest BCUT2D eigenvalue weighted by Crippen LogP contribution is -2.36. The summed E-state index contributed by atoms with van der Waals surface area (Å²) in [5.74, 6) is -2.94. The minimum Gasteiger partial charge on any atom is -0.545 e. The molecule has 0 saturated carbocycles. The van der Waals surface area contributed by atoms with E-state index in [0.717, 1.165) is 6.42 Å². The highest BCUT2D eigenvalue weighted by Crippen LogP contribution is 2.28. The standard InChI is InChI=1S/C19H23NO5/c1-3-12(2)25-19(24)16-7-5-4-6-15(16)17(21)20-14-10-8-13(9-11-14)18(22)23/h4-5,8-12,15-16H,3,6-7H2,1-2H3,(H,20,21)(H,22,23)/p-1/t12-,15+,16-/m1/s1. The zero-order valence-corrected chi connectivity index (χ0v) is 14.4. The largest absolute Gasteiger partial charge is 0.545 e. The van der Waals surface area contributed by atoms with Gasteiger partial charge in [-0.05, 0) is 43.9 Å². The van der Waals surface area contributed by atoms with E-state index < -0.39 is 17.8 Å². The molecule has 0 radical (unpaired) electrons. The lowest BCUT2D eigenvalue weighted by atomic mass is 9.82. The number of carboxylic acid groups (broad SMARTS) is 1.